The highest BCUT2D eigenvalue weighted by molar-refractivity contribution is 5.91. The molecule has 0 aliphatic heterocycles. The predicted molar refractivity (Wildman–Crippen MR) is 82.0 cm³/mol. The van der Waals surface area contributed by atoms with Gasteiger partial charge in [-0.1, -0.05) is 30.3 Å². The molecule has 1 fully saturated rings. The molecule has 21 heavy (non-hydrogen) atoms. The summed E-state index contributed by atoms with van der Waals surface area (Å²) in [6, 6.07) is 14.1. The summed E-state index contributed by atoms with van der Waals surface area (Å²) in [5.41, 5.74) is 0.862. The van der Waals surface area contributed by atoms with E-state index in [1.807, 2.05) is 30.3 Å². The number of rotatable bonds is 6. The first-order chi connectivity index (χ1) is 10.2. The zero-order chi connectivity index (χ0) is 14.7. The molecule has 1 atom stereocenters. The number of furan rings is 1. The Balaban J connectivity index is 1.56. The summed E-state index contributed by atoms with van der Waals surface area (Å²) in [5.74, 6) is 1.14. The van der Waals surface area contributed by atoms with Gasteiger partial charge in [0.25, 0.3) is 0 Å². The third-order valence-corrected chi connectivity index (χ3v) is 4.29. The highest BCUT2D eigenvalue weighted by Crippen LogP contribution is 2.48. The largest absolute Gasteiger partial charge is 0.469 e. The molecule has 1 aliphatic carbocycles. The lowest BCUT2D eigenvalue weighted by Gasteiger charge is -2.19. The molecule has 1 aromatic carbocycles. The van der Waals surface area contributed by atoms with Crippen molar-refractivity contribution in [1.29, 1.82) is 0 Å². The standard InChI is InChI=1S/C18H21NO2/c1-14(9-10-16-8-5-13-21-16)19-17(20)18(11-12-18)15-6-3-2-4-7-15/h2-8,13-14H,9-12H2,1H3,(H,19,20)/t14-/m1/s1. The fourth-order valence-corrected chi connectivity index (χ4v) is 2.78. The summed E-state index contributed by atoms with van der Waals surface area (Å²) in [5, 5.41) is 3.16. The van der Waals surface area contributed by atoms with Gasteiger partial charge in [-0.25, -0.2) is 0 Å². The number of benzene rings is 1. The number of carbonyl (C=O) groups excluding carboxylic acids is 1. The second-order valence-corrected chi connectivity index (χ2v) is 5.94. The molecular formula is C18H21NO2. The van der Waals surface area contributed by atoms with Gasteiger partial charge in [-0.05, 0) is 43.9 Å². The van der Waals surface area contributed by atoms with Gasteiger partial charge in [0.2, 0.25) is 5.91 Å². The fraction of sp³-hybridized carbons (Fsp3) is 0.389. The van der Waals surface area contributed by atoms with E-state index in [1.165, 1.54) is 0 Å². The minimum atomic E-state index is -0.278. The van der Waals surface area contributed by atoms with E-state index in [0.29, 0.717) is 0 Å². The molecule has 1 aromatic heterocycles. The second-order valence-electron chi connectivity index (χ2n) is 5.94. The first-order valence-electron chi connectivity index (χ1n) is 7.59. The van der Waals surface area contributed by atoms with Crippen LogP contribution in [0, 0.1) is 0 Å². The molecule has 0 radical (unpaired) electrons. The lowest BCUT2D eigenvalue weighted by atomic mass is 9.94. The third kappa shape index (κ3) is 3.02. The van der Waals surface area contributed by atoms with Gasteiger partial charge in [-0.2, -0.15) is 0 Å². The molecule has 0 unspecified atom stereocenters. The van der Waals surface area contributed by atoms with Crippen LogP contribution in [0.4, 0.5) is 0 Å². The zero-order valence-electron chi connectivity index (χ0n) is 12.3. The molecule has 110 valence electrons. The molecule has 1 N–H and O–H groups in total. The van der Waals surface area contributed by atoms with Gasteiger partial charge < -0.3 is 9.73 Å². The van der Waals surface area contributed by atoms with E-state index in [-0.39, 0.29) is 17.4 Å². The number of hydrogen-bond donors (Lipinski definition) is 1. The number of nitrogens with one attached hydrogen (secondary N) is 1. The average molecular weight is 283 g/mol. The number of hydrogen-bond acceptors (Lipinski definition) is 2. The van der Waals surface area contributed by atoms with Gasteiger partial charge >= 0.3 is 0 Å². The van der Waals surface area contributed by atoms with Crippen molar-refractivity contribution < 1.29 is 9.21 Å². The van der Waals surface area contributed by atoms with Gasteiger partial charge in [0.05, 0.1) is 11.7 Å². The average Bonchev–Trinajstić information content (AvgIpc) is 3.16. The van der Waals surface area contributed by atoms with Gasteiger partial charge in [-0.15, -0.1) is 0 Å². The van der Waals surface area contributed by atoms with Crippen molar-refractivity contribution in [1.82, 2.24) is 5.32 Å². The maximum atomic E-state index is 12.6. The van der Waals surface area contributed by atoms with E-state index in [1.54, 1.807) is 6.26 Å². The lowest BCUT2D eigenvalue weighted by Crippen LogP contribution is -2.40. The SMILES string of the molecule is C[C@H](CCc1ccco1)NC(=O)C1(c2ccccc2)CC1. The normalized spacial score (nSPS) is 17.2. The van der Waals surface area contributed by atoms with Crippen molar-refractivity contribution in [3.63, 3.8) is 0 Å². The summed E-state index contributed by atoms with van der Waals surface area (Å²) in [6.07, 6.45) is 5.34. The van der Waals surface area contributed by atoms with E-state index >= 15 is 0 Å². The highest BCUT2D eigenvalue weighted by atomic mass is 16.3. The Morgan fingerprint density at radius 2 is 2.00 bits per heavy atom. The third-order valence-electron chi connectivity index (χ3n) is 4.29. The zero-order valence-corrected chi connectivity index (χ0v) is 12.3. The monoisotopic (exact) mass is 283 g/mol. The number of carbonyl (C=O) groups is 1. The van der Waals surface area contributed by atoms with Crippen LogP contribution in [0.25, 0.3) is 0 Å². The molecule has 2 aromatic rings. The van der Waals surface area contributed by atoms with Crippen LogP contribution < -0.4 is 5.32 Å². The Morgan fingerprint density at radius 1 is 1.24 bits per heavy atom. The summed E-state index contributed by atoms with van der Waals surface area (Å²) in [6.45, 7) is 2.06. The molecule has 0 bridgehead atoms. The van der Waals surface area contributed by atoms with Crippen molar-refractivity contribution >= 4 is 5.91 Å². The van der Waals surface area contributed by atoms with Gasteiger partial charge in [0.15, 0.2) is 0 Å². The topological polar surface area (TPSA) is 42.2 Å². The van der Waals surface area contributed by atoms with Crippen molar-refractivity contribution in [3.8, 4) is 0 Å². The maximum absolute atomic E-state index is 12.6. The Morgan fingerprint density at radius 3 is 2.62 bits per heavy atom. The fourth-order valence-electron chi connectivity index (χ4n) is 2.78. The summed E-state index contributed by atoms with van der Waals surface area (Å²) >= 11 is 0. The first-order valence-corrected chi connectivity index (χ1v) is 7.59. The molecule has 1 aliphatic rings. The Labute approximate surface area is 125 Å². The van der Waals surface area contributed by atoms with E-state index in [9.17, 15) is 4.79 Å². The predicted octanol–water partition coefficient (Wildman–Crippen LogP) is 3.45. The summed E-state index contributed by atoms with van der Waals surface area (Å²) < 4.78 is 5.33. The number of amides is 1. The van der Waals surface area contributed by atoms with Crippen LogP contribution in [0.2, 0.25) is 0 Å². The van der Waals surface area contributed by atoms with Gasteiger partial charge in [0.1, 0.15) is 5.76 Å². The molecule has 0 spiro atoms. The molecule has 3 nitrogen and oxygen atoms in total. The van der Waals surface area contributed by atoms with Crippen LogP contribution in [-0.4, -0.2) is 11.9 Å². The van der Waals surface area contributed by atoms with Crippen LogP contribution >= 0.6 is 0 Å². The maximum Gasteiger partial charge on any atom is 0.230 e. The van der Waals surface area contributed by atoms with Crippen molar-refractivity contribution in [3.05, 3.63) is 60.1 Å². The number of aryl methyl sites for hydroxylation is 1. The van der Waals surface area contributed by atoms with Crippen molar-refractivity contribution in [2.45, 2.75) is 44.1 Å². The second kappa shape index (κ2) is 5.76. The van der Waals surface area contributed by atoms with Crippen LogP contribution in [0.1, 0.15) is 37.5 Å². The van der Waals surface area contributed by atoms with Gasteiger partial charge in [0, 0.05) is 12.5 Å². The summed E-state index contributed by atoms with van der Waals surface area (Å²) in [4.78, 5) is 12.6. The van der Waals surface area contributed by atoms with Crippen molar-refractivity contribution in [2.24, 2.45) is 0 Å². The molecular weight excluding hydrogens is 262 g/mol. The van der Waals surface area contributed by atoms with E-state index < -0.39 is 0 Å². The minimum absolute atomic E-state index is 0.156. The van der Waals surface area contributed by atoms with Crippen LogP contribution in [-0.2, 0) is 16.6 Å². The van der Waals surface area contributed by atoms with E-state index in [0.717, 1.165) is 37.0 Å². The summed E-state index contributed by atoms with van der Waals surface area (Å²) in [7, 11) is 0. The molecule has 1 amide bonds. The molecule has 3 rings (SSSR count). The minimum Gasteiger partial charge on any atom is -0.469 e. The van der Waals surface area contributed by atoms with Gasteiger partial charge in [-0.3, -0.25) is 4.79 Å². The van der Waals surface area contributed by atoms with E-state index in [4.69, 9.17) is 4.42 Å². The van der Waals surface area contributed by atoms with E-state index in [2.05, 4.69) is 24.4 Å². The van der Waals surface area contributed by atoms with Crippen LogP contribution in [0.5, 0.6) is 0 Å². The van der Waals surface area contributed by atoms with Crippen LogP contribution in [0.15, 0.2) is 53.1 Å². The first kappa shape index (κ1) is 13.9. The molecule has 0 saturated heterocycles. The van der Waals surface area contributed by atoms with Crippen molar-refractivity contribution in [2.75, 3.05) is 0 Å². The molecule has 1 heterocycles. The Bertz CT molecular complexity index is 585. The smallest absolute Gasteiger partial charge is 0.230 e. The Kier molecular flexibility index (Phi) is 3.82. The van der Waals surface area contributed by atoms with Crippen LogP contribution in [0.3, 0.4) is 0 Å². The highest BCUT2D eigenvalue weighted by Gasteiger charge is 2.51. The lowest BCUT2D eigenvalue weighted by molar-refractivity contribution is -0.124. The molecule has 1 saturated carbocycles. The quantitative estimate of drug-likeness (QED) is 0.882. The molecule has 3 heteroatoms. The Hall–Kier alpha value is -2.03.